The number of hydrogen-bond acceptors (Lipinski definition) is 3. The van der Waals surface area contributed by atoms with Crippen LogP contribution in [-0.4, -0.2) is 47.7 Å². The maximum absolute atomic E-state index is 11.6. The molecule has 0 aliphatic carbocycles. The molecule has 0 aromatic carbocycles. The molecule has 1 atom stereocenters. The number of likely N-dealkylation sites (tertiary alicyclic amines) is 1. The van der Waals surface area contributed by atoms with Gasteiger partial charge in [0.2, 0.25) is 5.91 Å². The number of aliphatic hydroxyl groups excluding tert-OH is 1. The van der Waals surface area contributed by atoms with Gasteiger partial charge in [0.05, 0.1) is 6.54 Å². The van der Waals surface area contributed by atoms with Gasteiger partial charge in [-0.05, 0) is 39.7 Å². The van der Waals surface area contributed by atoms with Crippen LogP contribution in [0.2, 0.25) is 0 Å². The number of carbonyl (C=O) groups excluding carboxylic acids is 1. The van der Waals surface area contributed by atoms with Crippen LogP contribution in [0.5, 0.6) is 0 Å². The van der Waals surface area contributed by atoms with Crippen LogP contribution < -0.4 is 5.32 Å². The topological polar surface area (TPSA) is 52.6 Å². The second-order valence-corrected chi connectivity index (χ2v) is 5.37. The van der Waals surface area contributed by atoms with Gasteiger partial charge in [-0.25, -0.2) is 0 Å². The molecule has 88 valence electrons. The Hall–Kier alpha value is -0.610. The van der Waals surface area contributed by atoms with Gasteiger partial charge in [0.25, 0.3) is 0 Å². The van der Waals surface area contributed by atoms with Crippen LogP contribution in [0.4, 0.5) is 0 Å². The molecule has 4 nitrogen and oxygen atoms in total. The maximum atomic E-state index is 11.6. The van der Waals surface area contributed by atoms with Crippen LogP contribution in [0, 0.1) is 5.92 Å². The lowest BCUT2D eigenvalue weighted by molar-refractivity contribution is -0.123. The molecule has 1 heterocycles. The summed E-state index contributed by atoms with van der Waals surface area (Å²) in [5.74, 6) is 0.425. The van der Waals surface area contributed by atoms with Crippen LogP contribution in [0.25, 0.3) is 0 Å². The van der Waals surface area contributed by atoms with E-state index in [-0.39, 0.29) is 18.1 Å². The van der Waals surface area contributed by atoms with Crippen molar-refractivity contribution in [1.82, 2.24) is 10.2 Å². The fraction of sp³-hybridized carbons (Fsp3) is 0.909. The van der Waals surface area contributed by atoms with Gasteiger partial charge in [-0.15, -0.1) is 0 Å². The minimum atomic E-state index is -0.160. The molecular weight excluding hydrogens is 192 g/mol. The van der Waals surface area contributed by atoms with E-state index in [2.05, 4.69) is 10.2 Å². The molecule has 0 saturated carbocycles. The van der Waals surface area contributed by atoms with Crippen molar-refractivity contribution in [3.05, 3.63) is 0 Å². The Labute approximate surface area is 91.6 Å². The zero-order valence-electron chi connectivity index (χ0n) is 9.92. The summed E-state index contributed by atoms with van der Waals surface area (Å²) in [4.78, 5) is 13.7. The second-order valence-electron chi connectivity index (χ2n) is 5.37. The summed E-state index contributed by atoms with van der Waals surface area (Å²) in [7, 11) is 0. The van der Waals surface area contributed by atoms with E-state index in [0.29, 0.717) is 12.5 Å². The molecular formula is C11H22N2O2. The van der Waals surface area contributed by atoms with Gasteiger partial charge in [-0.3, -0.25) is 9.69 Å². The predicted octanol–water partition coefficient (Wildman–Crippen LogP) is 0.215. The fourth-order valence-corrected chi connectivity index (χ4v) is 1.87. The van der Waals surface area contributed by atoms with E-state index in [9.17, 15) is 4.79 Å². The van der Waals surface area contributed by atoms with Crippen molar-refractivity contribution in [3.8, 4) is 0 Å². The molecule has 1 aliphatic rings. The Morgan fingerprint density at radius 2 is 2.20 bits per heavy atom. The Kier molecular flexibility index (Phi) is 4.11. The first-order valence-corrected chi connectivity index (χ1v) is 5.55. The first-order chi connectivity index (χ1) is 6.90. The molecule has 1 rings (SSSR count). The first kappa shape index (κ1) is 12.5. The van der Waals surface area contributed by atoms with Crippen LogP contribution in [0.15, 0.2) is 0 Å². The minimum absolute atomic E-state index is 0.0705. The molecule has 0 unspecified atom stereocenters. The van der Waals surface area contributed by atoms with Crippen molar-refractivity contribution in [3.63, 3.8) is 0 Å². The quantitative estimate of drug-likeness (QED) is 0.706. The van der Waals surface area contributed by atoms with Gasteiger partial charge in [-0.2, -0.15) is 0 Å². The normalized spacial score (nSPS) is 23.1. The van der Waals surface area contributed by atoms with Crippen LogP contribution in [-0.2, 0) is 4.79 Å². The van der Waals surface area contributed by atoms with Crippen LogP contribution in [0.3, 0.4) is 0 Å². The minimum Gasteiger partial charge on any atom is -0.396 e. The van der Waals surface area contributed by atoms with Gasteiger partial charge in [0.1, 0.15) is 0 Å². The SMILES string of the molecule is CC(C)(C)NC(=O)CN1CC[C@H](CO)C1. The average molecular weight is 214 g/mol. The highest BCUT2D eigenvalue weighted by atomic mass is 16.3. The first-order valence-electron chi connectivity index (χ1n) is 5.55. The van der Waals surface area contributed by atoms with Crippen molar-refractivity contribution < 1.29 is 9.90 Å². The van der Waals surface area contributed by atoms with Crippen molar-refractivity contribution in [2.75, 3.05) is 26.2 Å². The highest BCUT2D eigenvalue weighted by Gasteiger charge is 2.24. The van der Waals surface area contributed by atoms with Crippen molar-refractivity contribution in [2.24, 2.45) is 5.92 Å². The van der Waals surface area contributed by atoms with Crippen molar-refractivity contribution in [1.29, 1.82) is 0 Å². The summed E-state index contributed by atoms with van der Waals surface area (Å²) in [6, 6.07) is 0. The molecule has 1 fully saturated rings. The highest BCUT2D eigenvalue weighted by Crippen LogP contribution is 2.14. The van der Waals surface area contributed by atoms with E-state index < -0.39 is 0 Å². The Bertz CT molecular complexity index is 223. The summed E-state index contributed by atoms with van der Waals surface area (Å²) < 4.78 is 0. The molecule has 0 aromatic rings. The second kappa shape index (κ2) is 4.94. The van der Waals surface area contributed by atoms with E-state index in [1.165, 1.54) is 0 Å². The van der Waals surface area contributed by atoms with Gasteiger partial charge in [-0.1, -0.05) is 0 Å². The summed E-state index contributed by atoms with van der Waals surface area (Å²) in [5, 5.41) is 11.9. The molecule has 1 aliphatic heterocycles. The Morgan fingerprint density at radius 3 is 2.67 bits per heavy atom. The van der Waals surface area contributed by atoms with Gasteiger partial charge in [0.15, 0.2) is 0 Å². The summed E-state index contributed by atoms with van der Waals surface area (Å²) in [5.41, 5.74) is -0.160. The number of rotatable bonds is 3. The molecule has 4 heteroatoms. The molecule has 0 radical (unpaired) electrons. The third-order valence-corrected chi connectivity index (χ3v) is 2.51. The highest BCUT2D eigenvalue weighted by molar-refractivity contribution is 5.78. The number of aliphatic hydroxyl groups is 1. The van der Waals surface area contributed by atoms with E-state index in [4.69, 9.17) is 5.11 Å². The molecule has 0 aromatic heterocycles. The monoisotopic (exact) mass is 214 g/mol. The number of nitrogens with zero attached hydrogens (tertiary/aromatic N) is 1. The molecule has 1 saturated heterocycles. The Balaban J connectivity index is 2.28. The summed E-state index contributed by atoms with van der Waals surface area (Å²) in [6.45, 7) is 8.38. The molecule has 0 spiro atoms. The van der Waals surface area contributed by atoms with Crippen LogP contribution in [0.1, 0.15) is 27.2 Å². The number of nitrogens with one attached hydrogen (secondary N) is 1. The zero-order valence-corrected chi connectivity index (χ0v) is 9.92. The fourth-order valence-electron chi connectivity index (χ4n) is 1.87. The molecule has 1 amide bonds. The number of amides is 1. The Morgan fingerprint density at radius 1 is 1.53 bits per heavy atom. The molecule has 0 bridgehead atoms. The predicted molar refractivity (Wildman–Crippen MR) is 59.5 cm³/mol. The lowest BCUT2D eigenvalue weighted by atomic mass is 10.1. The van der Waals surface area contributed by atoms with E-state index in [1.54, 1.807) is 0 Å². The lowest BCUT2D eigenvalue weighted by Crippen LogP contribution is -2.45. The van der Waals surface area contributed by atoms with Gasteiger partial charge < -0.3 is 10.4 Å². The van der Waals surface area contributed by atoms with E-state index in [1.807, 2.05) is 20.8 Å². The van der Waals surface area contributed by atoms with E-state index >= 15 is 0 Å². The molecule has 15 heavy (non-hydrogen) atoms. The molecule has 2 N–H and O–H groups in total. The summed E-state index contributed by atoms with van der Waals surface area (Å²) in [6.07, 6.45) is 0.999. The lowest BCUT2D eigenvalue weighted by Gasteiger charge is -2.23. The smallest absolute Gasteiger partial charge is 0.234 e. The van der Waals surface area contributed by atoms with Gasteiger partial charge >= 0.3 is 0 Å². The van der Waals surface area contributed by atoms with Crippen LogP contribution >= 0.6 is 0 Å². The number of hydrogen-bond donors (Lipinski definition) is 2. The third kappa shape index (κ3) is 4.62. The third-order valence-electron chi connectivity index (χ3n) is 2.51. The summed E-state index contributed by atoms with van der Waals surface area (Å²) >= 11 is 0. The van der Waals surface area contributed by atoms with E-state index in [0.717, 1.165) is 19.5 Å². The van der Waals surface area contributed by atoms with Crippen molar-refractivity contribution >= 4 is 5.91 Å². The zero-order chi connectivity index (χ0) is 11.5. The maximum Gasteiger partial charge on any atom is 0.234 e. The number of carbonyl (C=O) groups is 1. The van der Waals surface area contributed by atoms with Crippen molar-refractivity contribution in [2.45, 2.75) is 32.7 Å². The van der Waals surface area contributed by atoms with Gasteiger partial charge in [0, 0.05) is 18.7 Å². The standard InChI is InChI=1S/C11H22N2O2/c1-11(2,3)12-10(15)7-13-5-4-9(6-13)8-14/h9,14H,4-8H2,1-3H3,(H,12,15)/t9-/m0/s1. The average Bonchev–Trinajstić information content (AvgIpc) is 2.48. The largest absolute Gasteiger partial charge is 0.396 e.